The van der Waals surface area contributed by atoms with Gasteiger partial charge in [-0.1, -0.05) is 18.2 Å². The molecule has 3 aromatic heterocycles. The molecule has 0 saturated carbocycles. The van der Waals surface area contributed by atoms with Crippen LogP contribution in [-0.2, 0) is 31.5 Å². The molecule has 10 heteroatoms. The third-order valence-corrected chi connectivity index (χ3v) is 5.26. The van der Waals surface area contributed by atoms with Crippen molar-refractivity contribution in [1.82, 2.24) is 19.2 Å². The summed E-state index contributed by atoms with van der Waals surface area (Å²) in [6.45, 7) is 2.62. The maximum atomic E-state index is 10.6. The van der Waals surface area contributed by atoms with Crippen LogP contribution in [-0.4, -0.2) is 36.5 Å². The molecule has 4 aromatic rings. The van der Waals surface area contributed by atoms with Gasteiger partial charge in [-0.3, -0.25) is 4.90 Å². The van der Waals surface area contributed by atoms with Crippen LogP contribution < -0.4 is 0 Å². The summed E-state index contributed by atoms with van der Waals surface area (Å²) in [7, 11) is 2.11. The number of carbonyl (C=O) groups is 1. The number of para-hydroxylation sites is 1. The lowest BCUT2D eigenvalue weighted by Gasteiger charge is -2.20. The molecule has 33 heavy (non-hydrogen) atoms. The molecular formula is C23H21F3N4O3. The van der Waals surface area contributed by atoms with Crippen molar-refractivity contribution in [3.8, 4) is 16.9 Å². The van der Waals surface area contributed by atoms with Crippen LogP contribution in [0, 0.1) is 0 Å². The summed E-state index contributed by atoms with van der Waals surface area (Å²) < 4.78 is 41.2. The van der Waals surface area contributed by atoms with Gasteiger partial charge in [-0.15, -0.1) is 0 Å². The molecule has 0 saturated heterocycles. The lowest BCUT2D eigenvalue weighted by Crippen LogP contribution is -2.22. The topological polar surface area (TPSA) is 76.4 Å². The molecule has 1 aromatic carbocycles. The van der Waals surface area contributed by atoms with E-state index in [1.165, 1.54) is 22.4 Å². The van der Waals surface area contributed by atoms with Crippen LogP contribution in [0.3, 0.4) is 0 Å². The van der Waals surface area contributed by atoms with Crippen molar-refractivity contribution in [2.24, 2.45) is 7.05 Å². The van der Waals surface area contributed by atoms with Crippen molar-refractivity contribution in [2.75, 3.05) is 0 Å². The minimum absolute atomic E-state index is 0.858. The van der Waals surface area contributed by atoms with Crippen molar-refractivity contribution < 1.29 is 27.5 Å². The Labute approximate surface area is 187 Å². The van der Waals surface area contributed by atoms with E-state index in [4.69, 9.17) is 19.4 Å². The normalized spacial score (nSPS) is 13.5. The number of carboxylic acids is 1. The SMILES string of the molecule is Cn1ccc2c1CN(Cc1ccoc1)Cc1cn(-c3ccccc3)nc1-2.O=C(O)C(F)(F)F. The summed E-state index contributed by atoms with van der Waals surface area (Å²) in [5.74, 6) is -2.76. The minimum atomic E-state index is -5.08. The minimum Gasteiger partial charge on any atom is -0.475 e. The van der Waals surface area contributed by atoms with Crippen molar-refractivity contribution in [1.29, 1.82) is 0 Å². The molecule has 0 unspecified atom stereocenters. The quantitative estimate of drug-likeness (QED) is 0.485. The summed E-state index contributed by atoms with van der Waals surface area (Å²) in [6.07, 6.45) is 2.76. The van der Waals surface area contributed by atoms with Gasteiger partial charge in [0.15, 0.2) is 0 Å². The predicted molar refractivity (Wildman–Crippen MR) is 113 cm³/mol. The van der Waals surface area contributed by atoms with Gasteiger partial charge in [-0.05, 0) is 24.3 Å². The zero-order valence-electron chi connectivity index (χ0n) is 17.7. The van der Waals surface area contributed by atoms with Crippen molar-refractivity contribution in [2.45, 2.75) is 25.8 Å². The number of aromatic nitrogens is 3. The highest BCUT2D eigenvalue weighted by molar-refractivity contribution is 5.73. The second kappa shape index (κ2) is 8.99. The predicted octanol–water partition coefficient (Wildman–Crippen LogP) is 4.62. The number of aryl methyl sites for hydroxylation is 1. The molecule has 172 valence electrons. The first-order chi connectivity index (χ1) is 15.7. The van der Waals surface area contributed by atoms with E-state index in [2.05, 4.69) is 47.1 Å². The molecule has 0 atom stereocenters. The number of carboxylic acid groups (broad SMARTS) is 1. The van der Waals surface area contributed by atoms with E-state index in [1.807, 2.05) is 35.2 Å². The van der Waals surface area contributed by atoms with Gasteiger partial charge in [0.05, 0.1) is 23.9 Å². The van der Waals surface area contributed by atoms with Crippen LogP contribution in [0.1, 0.15) is 16.8 Å². The first-order valence-electron chi connectivity index (χ1n) is 10.0. The fourth-order valence-electron chi connectivity index (χ4n) is 3.70. The van der Waals surface area contributed by atoms with Crippen LogP contribution in [0.4, 0.5) is 13.2 Å². The van der Waals surface area contributed by atoms with Gasteiger partial charge in [0.1, 0.15) is 0 Å². The highest BCUT2D eigenvalue weighted by Gasteiger charge is 2.38. The Morgan fingerprint density at radius 1 is 1.15 bits per heavy atom. The monoisotopic (exact) mass is 458 g/mol. The Kier molecular flexibility index (Phi) is 6.10. The first kappa shape index (κ1) is 22.4. The molecule has 0 aliphatic carbocycles. The highest BCUT2D eigenvalue weighted by atomic mass is 19.4. The fraction of sp³-hybridized carbons (Fsp3) is 0.217. The van der Waals surface area contributed by atoms with Gasteiger partial charge >= 0.3 is 12.1 Å². The average Bonchev–Trinajstić information content (AvgIpc) is 3.49. The van der Waals surface area contributed by atoms with Gasteiger partial charge in [-0.25, -0.2) is 9.48 Å². The van der Waals surface area contributed by atoms with Crippen LogP contribution >= 0.6 is 0 Å². The van der Waals surface area contributed by atoms with E-state index < -0.39 is 12.1 Å². The highest BCUT2D eigenvalue weighted by Crippen LogP contribution is 2.33. The molecular weight excluding hydrogens is 437 g/mol. The zero-order chi connectivity index (χ0) is 23.6. The second-order valence-electron chi connectivity index (χ2n) is 7.65. The van der Waals surface area contributed by atoms with E-state index in [9.17, 15) is 13.2 Å². The smallest absolute Gasteiger partial charge is 0.475 e. The Hall–Kier alpha value is -3.79. The summed E-state index contributed by atoms with van der Waals surface area (Å²) in [6, 6.07) is 14.5. The number of rotatable bonds is 3. The summed E-state index contributed by atoms with van der Waals surface area (Å²) >= 11 is 0. The first-order valence-corrected chi connectivity index (χ1v) is 10.0. The van der Waals surface area contributed by atoms with Crippen molar-refractivity contribution in [3.05, 3.63) is 84.2 Å². The van der Waals surface area contributed by atoms with Crippen LogP contribution in [0.25, 0.3) is 16.9 Å². The Bertz CT molecular complexity index is 1230. The Morgan fingerprint density at radius 3 is 2.52 bits per heavy atom. The lowest BCUT2D eigenvalue weighted by atomic mass is 10.1. The average molecular weight is 458 g/mol. The van der Waals surface area contributed by atoms with E-state index in [-0.39, 0.29) is 0 Å². The molecule has 1 aliphatic rings. The maximum Gasteiger partial charge on any atom is 0.490 e. The number of aliphatic carboxylic acids is 1. The molecule has 0 radical (unpaired) electrons. The van der Waals surface area contributed by atoms with Gasteiger partial charge in [-0.2, -0.15) is 18.3 Å². The molecule has 0 fully saturated rings. The van der Waals surface area contributed by atoms with Crippen molar-refractivity contribution >= 4 is 5.97 Å². The van der Waals surface area contributed by atoms with Gasteiger partial charge in [0.25, 0.3) is 0 Å². The molecule has 4 heterocycles. The standard InChI is InChI=1S/C21H20N4O.C2HF3O2/c1-23-9-7-19-20(23)14-24(11-16-8-10-26-15-16)12-17-13-25(22-21(17)19)18-5-3-2-4-6-18;3-2(4,5)1(6)7/h2-10,13,15H,11-12,14H2,1H3;(H,6,7). The molecule has 0 bridgehead atoms. The molecule has 0 amide bonds. The molecule has 5 rings (SSSR count). The van der Waals surface area contributed by atoms with Gasteiger partial charge in [0.2, 0.25) is 0 Å². The van der Waals surface area contributed by atoms with Crippen LogP contribution in [0.2, 0.25) is 0 Å². The van der Waals surface area contributed by atoms with Crippen molar-refractivity contribution in [3.63, 3.8) is 0 Å². The van der Waals surface area contributed by atoms with Gasteiger partial charge < -0.3 is 14.1 Å². The Morgan fingerprint density at radius 2 is 1.88 bits per heavy atom. The van der Waals surface area contributed by atoms with E-state index in [0.29, 0.717) is 0 Å². The third-order valence-electron chi connectivity index (χ3n) is 5.26. The van der Waals surface area contributed by atoms with Gasteiger partial charge in [0, 0.05) is 61.5 Å². The number of hydrogen-bond donors (Lipinski definition) is 1. The molecule has 1 aliphatic heterocycles. The third kappa shape index (κ3) is 5.01. The molecule has 7 nitrogen and oxygen atoms in total. The van der Waals surface area contributed by atoms with Crippen LogP contribution in [0.15, 0.2) is 71.8 Å². The lowest BCUT2D eigenvalue weighted by molar-refractivity contribution is -0.192. The van der Waals surface area contributed by atoms with E-state index in [0.717, 1.165) is 31.0 Å². The van der Waals surface area contributed by atoms with Crippen LogP contribution in [0.5, 0.6) is 0 Å². The second-order valence-corrected chi connectivity index (χ2v) is 7.65. The zero-order valence-corrected chi connectivity index (χ0v) is 17.7. The number of hydrogen-bond acceptors (Lipinski definition) is 4. The summed E-state index contributed by atoms with van der Waals surface area (Å²) in [4.78, 5) is 11.3. The Balaban J connectivity index is 0.000000325. The summed E-state index contributed by atoms with van der Waals surface area (Å²) in [5.41, 5.74) is 7.14. The number of halogens is 3. The number of fused-ring (bicyclic) bond motifs is 3. The molecule has 1 N–H and O–H groups in total. The largest absolute Gasteiger partial charge is 0.490 e. The number of nitrogens with zero attached hydrogens (tertiary/aromatic N) is 4. The number of benzene rings is 1. The van der Waals surface area contributed by atoms with E-state index in [1.54, 1.807) is 6.26 Å². The molecule has 0 spiro atoms. The number of alkyl halides is 3. The summed E-state index contributed by atoms with van der Waals surface area (Å²) in [5, 5.41) is 12.1. The van der Waals surface area contributed by atoms with E-state index >= 15 is 0 Å². The number of furan rings is 1. The fourth-order valence-corrected chi connectivity index (χ4v) is 3.70. The maximum absolute atomic E-state index is 10.6.